The number of nitrogens with zero attached hydrogens (tertiary/aromatic N) is 2. The van der Waals surface area contributed by atoms with Gasteiger partial charge in [0.15, 0.2) is 0 Å². The minimum Gasteiger partial charge on any atom is -0.444 e. The molecule has 2 rings (SSSR count). The van der Waals surface area contributed by atoms with Crippen LogP contribution < -0.4 is 0 Å². The van der Waals surface area contributed by atoms with Crippen molar-refractivity contribution in [2.45, 2.75) is 32.3 Å². The predicted molar refractivity (Wildman–Crippen MR) is 57.1 cm³/mol. The fourth-order valence-electron chi connectivity index (χ4n) is 1.57. The van der Waals surface area contributed by atoms with Crippen LogP contribution in [-0.2, 0) is 4.74 Å². The average molecular weight is 224 g/mol. The van der Waals surface area contributed by atoms with Crippen LogP contribution in [0, 0.1) is 0 Å². The smallest absolute Gasteiger partial charge is 0.410 e. The van der Waals surface area contributed by atoms with Crippen molar-refractivity contribution in [2.75, 3.05) is 13.1 Å². The molecule has 16 heavy (non-hydrogen) atoms. The largest absolute Gasteiger partial charge is 0.444 e. The molecule has 0 bridgehead atoms. The Labute approximate surface area is 94.3 Å². The minimum absolute atomic E-state index is 0.257. The van der Waals surface area contributed by atoms with Crippen LogP contribution in [0.2, 0.25) is 0 Å². The van der Waals surface area contributed by atoms with E-state index in [0.29, 0.717) is 13.1 Å². The highest BCUT2D eigenvalue weighted by Gasteiger charge is 2.35. The summed E-state index contributed by atoms with van der Waals surface area (Å²) in [5.41, 5.74) is 0.468. The summed E-state index contributed by atoms with van der Waals surface area (Å²) in [6.45, 7) is 6.89. The van der Waals surface area contributed by atoms with Gasteiger partial charge in [0.1, 0.15) is 11.9 Å². The first-order chi connectivity index (χ1) is 7.46. The molecule has 1 saturated heterocycles. The van der Waals surface area contributed by atoms with Crippen molar-refractivity contribution in [1.82, 2.24) is 10.1 Å². The summed E-state index contributed by atoms with van der Waals surface area (Å²) in [5, 5.41) is 3.85. The van der Waals surface area contributed by atoms with Crippen molar-refractivity contribution in [1.29, 1.82) is 0 Å². The molecule has 1 aliphatic heterocycles. The molecule has 1 aliphatic rings. The fourth-order valence-corrected chi connectivity index (χ4v) is 1.57. The van der Waals surface area contributed by atoms with Crippen LogP contribution >= 0.6 is 0 Å². The van der Waals surface area contributed by atoms with Crippen molar-refractivity contribution in [3.63, 3.8) is 0 Å². The Morgan fingerprint density at radius 1 is 1.56 bits per heavy atom. The highest BCUT2D eigenvalue weighted by molar-refractivity contribution is 5.69. The van der Waals surface area contributed by atoms with Crippen LogP contribution in [0.3, 0.4) is 0 Å². The third-order valence-corrected chi connectivity index (χ3v) is 2.41. The highest BCUT2D eigenvalue weighted by Crippen LogP contribution is 2.27. The van der Waals surface area contributed by atoms with Gasteiger partial charge in [-0.3, -0.25) is 0 Å². The summed E-state index contributed by atoms with van der Waals surface area (Å²) < 4.78 is 10.0. The number of rotatable bonds is 1. The third kappa shape index (κ3) is 2.35. The molecule has 2 heterocycles. The lowest BCUT2D eigenvalue weighted by molar-refractivity contribution is 0.00764. The molecule has 0 saturated carbocycles. The number of aromatic nitrogens is 1. The first-order valence-corrected chi connectivity index (χ1v) is 5.34. The SMILES string of the molecule is CC(C)(C)OC(=O)N1CC(c2ccon2)C1. The summed E-state index contributed by atoms with van der Waals surface area (Å²) in [6, 6.07) is 1.83. The summed E-state index contributed by atoms with van der Waals surface area (Å²) >= 11 is 0. The Morgan fingerprint density at radius 2 is 2.25 bits per heavy atom. The fraction of sp³-hybridized carbons (Fsp3) is 0.636. The predicted octanol–water partition coefficient (Wildman–Crippen LogP) is 2.01. The molecule has 0 N–H and O–H groups in total. The third-order valence-electron chi connectivity index (χ3n) is 2.41. The van der Waals surface area contributed by atoms with Gasteiger partial charge in [-0.15, -0.1) is 0 Å². The molecule has 0 atom stereocenters. The minimum atomic E-state index is -0.434. The highest BCUT2D eigenvalue weighted by atomic mass is 16.6. The number of carbonyl (C=O) groups is 1. The van der Waals surface area contributed by atoms with Gasteiger partial charge in [-0.1, -0.05) is 5.16 Å². The van der Waals surface area contributed by atoms with E-state index in [4.69, 9.17) is 9.26 Å². The zero-order valence-corrected chi connectivity index (χ0v) is 9.77. The summed E-state index contributed by atoms with van der Waals surface area (Å²) in [6.07, 6.45) is 1.29. The van der Waals surface area contributed by atoms with E-state index in [1.54, 1.807) is 11.2 Å². The molecule has 5 nitrogen and oxygen atoms in total. The number of hydrogen-bond acceptors (Lipinski definition) is 4. The van der Waals surface area contributed by atoms with E-state index in [1.807, 2.05) is 26.8 Å². The Morgan fingerprint density at radius 3 is 2.75 bits per heavy atom. The van der Waals surface area contributed by atoms with Crippen molar-refractivity contribution in [3.05, 3.63) is 18.0 Å². The topological polar surface area (TPSA) is 55.6 Å². The van der Waals surface area contributed by atoms with E-state index in [-0.39, 0.29) is 12.0 Å². The number of ether oxygens (including phenoxy) is 1. The summed E-state index contributed by atoms with van der Waals surface area (Å²) in [5.74, 6) is 0.284. The Kier molecular flexibility index (Phi) is 2.61. The first kappa shape index (κ1) is 11.0. The summed E-state index contributed by atoms with van der Waals surface area (Å²) in [4.78, 5) is 13.3. The molecular weight excluding hydrogens is 208 g/mol. The van der Waals surface area contributed by atoms with Gasteiger partial charge in [0.25, 0.3) is 0 Å². The number of likely N-dealkylation sites (tertiary alicyclic amines) is 1. The van der Waals surface area contributed by atoms with Gasteiger partial charge < -0.3 is 14.2 Å². The second kappa shape index (κ2) is 3.81. The van der Waals surface area contributed by atoms with Crippen molar-refractivity contribution in [2.24, 2.45) is 0 Å². The van der Waals surface area contributed by atoms with Crippen LogP contribution in [0.15, 0.2) is 16.9 Å². The van der Waals surface area contributed by atoms with Gasteiger partial charge in [0, 0.05) is 25.1 Å². The molecule has 0 aliphatic carbocycles. The first-order valence-electron chi connectivity index (χ1n) is 5.34. The van der Waals surface area contributed by atoms with E-state index in [1.165, 1.54) is 0 Å². The lowest BCUT2D eigenvalue weighted by Gasteiger charge is -2.38. The van der Waals surface area contributed by atoms with Gasteiger partial charge >= 0.3 is 6.09 Å². The number of amides is 1. The van der Waals surface area contributed by atoms with Crippen LogP contribution in [0.4, 0.5) is 4.79 Å². The number of carbonyl (C=O) groups excluding carboxylic acids is 1. The molecule has 1 aromatic heterocycles. The zero-order valence-electron chi connectivity index (χ0n) is 9.77. The van der Waals surface area contributed by atoms with Gasteiger partial charge in [-0.25, -0.2) is 4.79 Å². The van der Waals surface area contributed by atoms with Gasteiger partial charge in [0.2, 0.25) is 0 Å². The maximum absolute atomic E-state index is 11.6. The van der Waals surface area contributed by atoms with Crippen LogP contribution in [0.1, 0.15) is 32.4 Å². The van der Waals surface area contributed by atoms with Crippen molar-refractivity contribution in [3.8, 4) is 0 Å². The molecule has 0 unspecified atom stereocenters. The molecule has 1 aromatic rings. The van der Waals surface area contributed by atoms with Crippen molar-refractivity contribution >= 4 is 6.09 Å². The molecule has 88 valence electrons. The molecule has 5 heteroatoms. The lowest BCUT2D eigenvalue weighted by atomic mass is 9.97. The molecular formula is C11H16N2O3. The van der Waals surface area contributed by atoms with Gasteiger partial charge in [-0.05, 0) is 20.8 Å². The Bertz CT molecular complexity index is 361. The summed E-state index contributed by atoms with van der Waals surface area (Å²) in [7, 11) is 0. The average Bonchev–Trinajstić information content (AvgIpc) is 2.49. The Hall–Kier alpha value is -1.52. The van der Waals surface area contributed by atoms with E-state index in [2.05, 4.69) is 5.16 Å². The second-order valence-electron chi connectivity index (χ2n) is 5.01. The van der Waals surface area contributed by atoms with E-state index >= 15 is 0 Å². The molecule has 0 aromatic carbocycles. The zero-order chi connectivity index (χ0) is 11.8. The monoisotopic (exact) mass is 224 g/mol. The van der Waals surface area contributed by atoms with E-state index in [9.17, 15) is 4.79 Å². The maximum Gasteiger partial charge on any atom is 0.410 e. The normalized spacial score (nSPS) is 17.1. The van der Waals surface area contributed by atoms with Gasteiger partial charge in [0.05, 0.1) is 5.69 Å². The second-order valence-corrected chi connectivity index (χ2v) is 5.01. The quantitative estimate of drug-likeness (QED) is 0.732. The Balaban J connectivity index is 1.82. The van der Waals surface area contributed by atoms with Crippen molar-refractivity contribution < 1.29 is 14.1 Å². The van der Waals surface area contributed by atoms with Gasteiger partial charge in [-0.2, -0.15) is 0 Å². The van der Waals surface area contributed by atoms with E-state index in [0.717, 1.165) is 5.69 Å². The molecule has 1 fully saturated rings. The van der Waals surface area contributed by atoms with Crippen LogP contribution in [0.5, 0.6) is 0 Å². The molecule has 1 amide bonds. The number of hydrogen-bond donors (Lipinski definition) is 0. The molecule has 0 radical (unpaired) electrons. The van der Waals surface area contributed by atoms with E-state index < -0.39 is 5.60 Å². The van der Waals surface area contributed by atoms with Crippen LogP contribution in [-0.4, -0.2) is 34.8 Å². The maximum atomic E-state index is 11.6. The molecule has 0 spiro atoms. The standard InChI is InChI=1S/C11H16N2O3/c1-11(2,3)16-10(14)13-6-8(7-13)9-4-5-15-12-9/h4-5,8H,6-7H2,1-3H3. The van der Waals surface area contributed by atoms with Crippen LogP contribution in [0.25, 0.3) is 0 Å². The lowest BCUT2D eigenvalue weighted by Crippen LogP contribution is -2.50.